The number of fused-ring (bicyclic) bond motifs is 3. The summed E-state index contributed by atoms with van der Waals surface area (Å²) in [5.41, 5.74) is 3.85. The molecule has 1 aliphatic heterocycles. The standard InChI is InChI=1S/C29H38N4O7/c1-31(2)18-12-15(13-33-8-6-5-7-9-33)23(34)20-16(18)10-14-11-17-22(32(3)4)25(36)21(28(30)39)27(38)29(17,40)26(37)19(14)24(20)35/h12,14,17,22,34,36-37,40H,5-11,13H2,1-4H3,(H2,30,39). The average Bonchev–Trinajstić information content (AvgIpc) is 2.87. The van der Waals surface area contributed by atoms with Gasteiger partial charge in [0.05, 0.1) is 11.6 Å². The molecule has 5 rings (SSSR count). The number of carbonyl (C=O) groups is 3. The van der Waals surface area contributed by atoms with Crippen LogP contribution in [0.5, 0.6) is 5.75 Å². The molecule has 4 aliphatic rings. The molecule has 1 fully saturated rings. The Hall–Kier alpha value is -3.41. The molecule has 1 aromatic rings. The van der Waals surface area contributed by atoms with Crippen LogP contribution in [0.15, 0.2) is 28.7 Å². The number of nitrogens with zero attached hydrogens (tertiary/aromatic N) is 3. The molecule has 11 nitrogen and oxygen atoms in total. The zero-order valence-corrected chi connectivity index (χ0v) is 23.4. The predicted molar refractivity (Wildman–Crippen MR) is 147 cm³/mol. The Morgan fingerprint density at radius 3 is 2.33 bits per heavy atom. The number of primary amides is 1. The summed E-state index contributed by atoms with van der Waals surface area (Å²) in [5, 5.41) is 45.7. The number of anilines is 1. The minimum absolute atomic E-state index is 0.0546. The van der Waals surface area contributed by atoms with Crippen LogP contribution in [0.4, 0.5) is 5.69 Å². The molecule has 0 bridgehead atoms. The van der Waals surface area contributed by atoms with Crippen molar-refractivity contribution >= 4 is 23.2 Å². The normalized spacial score (nSPS) is 28.9. The molecule has 6 N–H and O–H groups in total. The van der Waals surface area contributed by atoms with E-state index in [9.17, 15) is 34.8 Å². The second kappa shape index (κ2) is 9.90. The molecule has 4 atom stereocenters. The number of rotatable bonds is 5. The predicted octanol–water partition coefficient (Wildman–Crippen LogP) is 1.17. The molecular weight excluding hydrogens is 516 g/mol. The van der Waals surface area contributed by atoms with Gasteiger partial charge in [-0.3, -0.25) is 24.2 Å². The van der Waals surface area contributed by atoms with Gasteiger partial charge in [-0.25, -0.2) is 0 Å². The first-order valence-electron chi connectivity index (χ1n) is 13.7. The summed E-state index contributed by atoms with van der Waals surface area (Å²) in [4.78, 5) is 45.4. The van der Waals surface area contributed by atoms with Gasteiger partial charge in [-0.2, -0.15) is 0 Å². The van der Waals surface area contributed by atoms with Crippen LogP contribution in [-0.4, -0.2) is 101 Å². The van der Waals surface area contributed by atoms with Gasteiger partial charge in [-0.1, -0.05) is 6.42 Å². The molecule has 4 unspecified atom stereocenters. The van der Waals surface area contributed by atoms with Crippen molar-refractivity contribution in [3.63, 3.8) is 0 Å². The summed E-state index contributed by atoms with van der Waals surface area (Å²) >= 11 is 0. The number of hydrogen-bond donors (Lipinski definition) is 5. The number of benzene rings is 1. The highest BCUT2D eigenvalue weighted by atomic mass is 16.3. The van der Waals surface area contributed by atoms with Gasteiger partial charge < -0.3 is 31.1 Å². The number of hydrogen-bond acceptors (Lipinski definition) is 10. The first-order chi connectivity index (χ1) is 18.8. The van der Waals surface area contributed by atoms with Gasteiger partial charge in [0.2, 0.25) is 5.78 Å². The fourth-order valence-corrected chi connectivity index (χ4v) is 7.23. The van der Waals surface area contributed by atoms with E-state index in [0.717, 1.165) is 38.0 Å². The Balaban J connectivity index is 1.67. The number of allylic oxidation sites excluding steroid dienone is 1. The molecule has 0 aromatic heterocycles. The highest BCUT2D eigenvalue weighted by molar-refractivity contribution is 6.24. The van der Waals surface area contributed by atoms with Gasteiger partial charge in [0.25, 0.3) is 5.91 Å². The summed E-state index contributed by atoms with van der Waals surface area (Å²) < 4.78 is 0. The van der Waals surface area contributed by atoms with E-state index in [0.29, 0.717) is 17.7 Å². The molecule has 0 saturated carbocycles. The van der Waals surface area contributed by atoms with Crippen LogP contribution in [0.2, 0.25) is 0 Å². The fourth-order valence-electron chi connectivity index (χ4n) is 7.23. The molecular formula is C29H38N4O7. The van der Waals surface area contributed by atoms with Gasteiger partial charge in [0, 0.05) is 43.4 Å². The van der Waals surface area contributed by atoms with Crippen molar-refractivity contribution in [3.05, 3.63) is 45.4 Å². The summed E-state index contributed by atoms with van der Waals surface area (Å²) in [7, 11) is 6.94. The topological polar surface area (TPSA) is 168 Å². The number of aliphatic hydroxyl groups excluding tert-OH is 2. The lowest BCUT2D eigenvalue weighted by molar-refractivity contribution is -0.148. The van der Waals surface area contributed by atoms with Crippen LogP contribution in [0, 0.1) is 11.8 Å². The van der Waals surface area contributed by atoms with E-state index in [1.165, 1.54) is 0 Å². The number of carbonyl (C=O) groups excluding carboxylic acids is 3. The number of ketones is 2. The molecule has 1 heterocycles. The van der Waals surface area contributed by atoms with Crippen LogP contribution in [0.1, 0.15) is 47.2 Å². The highest BCUT2D eigenvalue weighted by Crippen LogP contribution is 2.53. The van der Waals surface area contributed by atoms with E-state index in [4.69, 9.17) is 5.73 Å². The fraction of sp³-hybridized carbons (Fsp3) is 0.552. The number of piperidine rings is 1. The first kappa shape index (κ1) is 28.1. The second-order valence-corrected chi connectivity index (χ2v) is 12.0. The zero-order valence-electron chi connectivity index (χ0n) is 23.4. The minimum atomic E-state index is -2.64. The number of Topliss-reactive ketones (excluding diaryl/α,β-unsaturated/α-hetero) is 2. The van der Waals surface area contributed by atoms with E-state index in [1.54, 1.807) is 19.0 Å². The van der Waals surface area contributed by atoms with Gasteiger partial charge in [0.1, 0.15) is 22.8 Å². The molecule has 1 saturated heterocycles. The minimum Gasteiger partial charge on any atom is -0.510 e. The Labute approximate surface area is 233 Å². The number of amides is 1. The number of phenols is 1. The lowest BCUT2D eigenvalue weighted by Crippen LogP contribution is -2.63. The van der Waals surface area contributed by atoms with Crippen molar-refractivity contribution in [3.8, 4) is 5.75 Å². The van der Waals surface area contributed by atoms with E-state index in [1.807, 2.05) is 25.1 Å². The quantitative estimate of drug-likeness (QED) is 0.333. The molecule has 0 spiro atoms. The SMILES string of the molecule is CN(C)c1cc(CN2CCCCC2)c(O)c2c1CC1CC3C(N(C)C)C(O)=C(C(N)=O)C(=O)C3(O)C(O)=C1C2=O. The number of nitrogens with two attached hydrogens (primary N) is 1. The average molecular weight is 555 g/mol. The molecule has 3 aliphatic carbocycles. The zero-order chi connectivity index (χ0) is 29.3. The Bertz CT molecular complexity index is 1360. The third-order valence-corrected chi connectivity index (χ3v) is 9.10. The molecule has 11 heteroatoms. The largest absolute Gasteiger partial charge is 0.510 e. The van der Waals surface area contributed by atoms with Crippen LogP contribution in [0.25, 0.3) is 0 Å². The number of likely N-dealkylation sites (tertiary alicyclic amines) is 1. The summed E-state index contributed by atoms with van der Waals surface area (Å²) in [6, 6.07) is 0.892. The smallest absolute Gasteiger partial charge is 0.255 e. The van der Waals surface area contributed by atoms with E-state index in [-0.39, 0.29) is 29.7 Å². The molecule has 0 radical (unpaired) electrons. The molecule has 40 heavy (non-hydrogen) atoms. The van der Waals surface area contributed by atoms with Crippen LogP contribution < -0.4 is 10.6 Å². The highest BCUT2D eigenvalue weighted by Gasteiger charge is 2.63. The Morgan fingerprint density at radius 1 is 1.10 bits per heavy atom. The second-order valence-electron chi connectivity index (χ2n) is 12.0. The van der Waals surface area contributed by atoms with Crippen molar-refractivity contribution in [2.45, 2.75) is 50.3 Å². The van der Waals surface area contributed by atoms with Crippen molar-refractivity contribution in [1.82, 2.24) is 9.80 Å². The van der Waals surface area contributed by atoms with E-state index in [2.05, 4.69) is 4.90 Å². The lowest BCUT2D eigenvalue weighted by atomic mass is 9.58. The maximum absolute atomic E-state index is 14.1. The summed E-state index contributed by atoms with van der Waals surface area (Å²) in [5.74, 6) is -6.38. The maximum Gasteiger partial charge on any atom is 0.255 e. The number of aromatic hydroxyl groups is 1. The Morgan fingerprint density at radius 2 is 1.75 bits per heavy atom. The summed E-state index contributed by atoms with van der Waals surface area (Å²) in [6.45, 7) is 2.24. The summed E-state index contributed by atoms with van der Waals surface area (Å²) in [6.07, 6.45) is 3.61. The lowest BCUT2D eigenvalue weighted by Gasteiger charge is -2.50. The third kappa shape index (κ3) is 4.02. The van der Waals surface area contributed by atoms with Crippen molar-refractivity contribution < 1.29 is 34.8 Å². The maximum atomic E-state index is 14.1. The van der Waals surface area contributed by atoms with Crippen molar-refractivity contribution in [2.24, 2.45) is 17.6 Å². The first-order valence-corrected chi connectivity index (χ1v) is 13.7. The monoisotopic (exact) mass is 554 g/mol. The van der Waals surface area contributed by atoms with Crippen LogP contribution in [-0.2, 0) is 22.6 Å². The molecule has 216 valence electrons. The van der Waals surface area contributed by atoms with Gasteiger partial charge in [-0.15, -0.1) is 0 Å². The third-order valence-electron chi connectivity index (χ3n) is 9.10. The van der Waals surface area contributed by atoms with Crippen molar-refractivity contribution in [1.29, 1.82) is 0 Å². The van der Waals surface area contributed by atoms with Gasteiger partial charge in [-0.05, 0) is 70.4 Å². The van der Waals surface area contributed by atoms with Crippen molar-refractivity contribution in [2.75, 3.05) is 46.2 Å². The molecule has 1 aromatic carbocycles. The Kier molecular flexibility index (Phi) is 6.96. The van der Waals surface area contributed by atoms with E-state index < -0.39 is 58.0 Å². The number of aliphatic hydroxyl groups is 3. The van der Waals surface area contributed by atoms with Crippen LogP contribution in [0.3, 0.4) is 0 Å². The van der Waals surface area contributed by atoms with Crippen LogP contribution >= 0.6 is 0 Å². The number of phenolic OH excluding ortho intramolecular Hbond substituents is 1. The van der Waals surface area contributed by atoms with Gasteiger partial charge >= 0.3 is 0 Å². The molecule has 1 amide bonds. The van der Waals surface area contributed by atoms with E-state index >= 15 is 0 Å². The van der Waals surface area contributed by atoms with Gasteiger partial charge in [0.15, 0.2) is 11.4 Å². The number of likely N-dealkylation sites (N-methyl/N-ethyl adjacent to an activating group) is 1.